The quantitative estimate of drug-likeness (QED) is 0.713. The normalized spacial score (nSPS) is 12.6. The molecular formula is C20H24F3N3O2. The zero-order valence-corrected chi connectivity index (χ0v) is 16.1. The van der Waals surface area contributed by atoms with E-state index in [0.717, 1.165) is 37.8 Å². The van der Waals surface area contributed by atoms with Crippen LogP contribution < -0.4 is 10.7 Å². The van der Waals surface area contributed by atoms with Crippen LogP contribution in [0.4, 0.5) is 13.2 Å². The fourth-order valence-corrected chi connectivity index (χ4v) is 2.84. The molecule has 8 heteroatoms. The van der Waals surface area contributed by atoms with Crippen LogP contribution in [0.25, 0.3) is 5.69 Å². The van der Waals surface area contributed by atoms with Crippen LogP contribution in [0.15, 0.2) is 35.1 Å². The molecule has 152 valence electrons. The molecule has 0 fully saturated rings. The van der Waals surface area contributed by atoms with Crippen LogP contribution in [0.3, 0.4) is 0 Å². The number of unbranched alkanes of at least 4 members (excludes halogenated alkanes) is 2. The molecule has 0 aliphatic rings. The van der Waals surface area contributed by atoms with Gasteiger partial charge in [-0.3, -0.25) is 9.59 Å². The summed E-state index contributed by atoms with van der Waals surface area (Å²) in [5.41, 5.74) is -1.29. The molecule has 2 aromatic rings. The number of carbonyl (C=O) groups is 1. The largest absolute Gasteiger partial charge is 0.416 e. The third kappa shape index (κ3) is 5.43. The number of hydrogen-bond donors (Lipinski definition) is 1. The smallest absolute Gasteiger partial charge is 0.348 e. The van der Waals surface area contributed by atoms with Crippen molar-refractivity contribution in [3.63, 3.8) is 0 Å². The number of halogens is 3. The van der Waals surface area contributed by atoms with Gasteiger partial charge < -0.3 is 5.32 Å². The minimum Gasteiger partial charge on any atom is -0.348 e. The van der Waals surface area contributed by atoms with E-state index >= 15 is 0 Å². The number of nitrogens with zero attached hydrogens (tertiary/aromatic N) is 2. The maximum absolute atomic E-state index is 13.0. The Morgan fingerprint density at radius 3 is 2.61 bits per heavy atom. The number of benzene rings is 1. The Kier molecular flexibility index (Phi) is 6.99. The lowest BCUT2D eigenvalue weighted by molar-refractivity contribution is -0.137. The summed E-state index contributed by atoms with van der Waals surface area (Å²) in [5, 5.41) is 6.77. The van der Waals surface area contributed by atoms with Crippen molar-refractivity contribution in [2.75, 3.05) is 0 Å². The fraction of sp³-hybridized carbons (Fsp3) is 0.450. The Balaban J connectivity index is 2.32. The van der Waals surface area contributed by atoms with Gasteiger partial charge in [0.2, 0.25) is 5.43 Å². The summed E-state index contributed by atoms with van der Waals surface area (Å²) in [6.45, 7) is 5.46. The van der Waals surface area contributed by atoms with Gasteiger partial charge >= 0.3 is 6.18 Å². The molecule has 0 saturated carbocycles. The zero-order valence-electron chi connectivity index (χ0n) is 16.1. The number of nitrogens with one attached hydrogen (secondary N) is 1. The molecule has 1 heterocycles. The second-order valence-electron chi connectivity index (χ2n) is 6.83. The van der Waals surface area contributed by atoms with Crippen LogP contribution in [0.2, 0.25) is 0 Å². The molecule has 1 atom stereocenters. The standard InChI is InChI=1S/C20H24F3N3O2/c1-4-5-6-8-13(2)24-19(28)18-17(27)11-14(3)26(25-18)16-10-7-9-15(12-16)20(21,22)23/h7,9-13H,4-6,8H2,1-3H3,(H,24,28). The van der Waals surface area contributed by atoms with Crippen LogP contribution in [-0.2, 0) is 6.18 Å². The molecule has 0 radical (unpaired) electrons. The van der Waals surface area contributed by atoms with E-state index in [1.807, 2.05) is 6.92 Å². The van der Waals surface area contributed by atoms with Gasteiger partial charge in [0, 0.05) is 17.8 Å². The van der Waals surface area contributed by atoms with Crippen molar-refractivity contribution in [2.45, 2.75) is 58.7 Å². The SMILES string of the molecule is CCCCCC(C)NC(=O)c1nn(-c2cccc(C(F)(F)F)c2)c(C)cc1=O. The topological polar surface area (TPSA) is 64.0 Å². The molecule has 1 aromatic carbocycles. The second kappa shape index (κ2) is 9.03. The molecule has 0 aliphatic heterocycles. The third-order valence-electron chi connectivity index (χ3n) is 4.36. The minimum atomic E-state index is -4.50. The molecule has 5 nitrogen and oxygen atoms in total. The summed E-state index contributed by atoms with van der Waals surface area (Å²) in [5.74, 6) is -0.630. The van der Waals surface area contributed by atoms with Gasteiger partial charge in [-0.25, -0.2) is 4.68 Å². The fourth-order valence-electron chi connectivity index (χ4n) is 2.84. The molecule has 1 unspecified atom stereocenters. The Morgan fingerprint density at radius 2 is 1.96 bits per heavy atom. The Labute approximate surface area is 161 Å². The first-order chi connectivity index (χ1) is 13.1. The van der Waals surface area contributed by atoms with Gasteiger partial charge in [0.25, 0.3) is 5.91 Å². The highest BCUT2D eigenvalue weighted by Crippen LogP contribution is 2.30. The highest BCUT2D eigenvalue weighted by molar-refractivity contribution is 5.92. The van der Waals surface area contributed by atoms with Gasteiger partial charge in [-0.15, -0.1) is 0 Å². The van der Waals surface area contributed by atoms with Crippen molar-refractivity contribution in [1.29, 1.82) is 0 Å². The Bertz CT molecular complexity index is 891. The van der Waals surface area contributed by atoms with Gasteiger partial charge in [0.15, 0.2) is 5.69 Å². The Morgan fingerprint density at radius 1 is 1.25 bits per heavy atom. The lowest BCUT2D eigenvalue weighted by Crippen LogP contribution is -2.37. The van der Waals surface area contributed by atoms with Gasteiger partial charge in [-0.1, -0.05) is 32.3 Å². The van der Waals surface area contributed by atoms with Crippen molar-refractivity contribution >= 4 is 5.91 Å². The molecule has 0 spiro atoms. The van der Waals surface area contributed by atoms with Gasteiger partial charge in [0.1, 0.15) is 0 Å². The van der Waals surface area contributed by atoms with E-state index in [9.17, 15) is 22.8 Å². The van der Waals surface area contributed by atoms with Crippen molar-refractivity contribution in [2.24, 2.45) is 0 Å². The number of aromatic nitrogens is 2. The first-order valence-electron chi connectivity index (χ1n) is 9.23. The molecular weight excluding hydrogens is 371 g/mol. The lowest BCUT2D eigenvalue weighted by Gasteiger charge is -2.15. The maximum Gasteiger partial charge on any atom is 0.416 e. The van der Waals surface area contributed by atoms with Crippen molar-refractivity contribution in [1.82, 2.24) is 15.1 Å². The monoisotopic (exact) mass is 395 g/mol. The number of rotatable bonds is 7. The van der Waals surface area contributed by atoms with Crippen LogP contribution in [0, 0.1) is 6.92 Å². The van der Waals surface area contributed by atoms with E-state index in [0.29, 0.717) is 5.69 Å². The number of alkyl halides is 3. The molecule has 0 aliphatic carbocycles. The molecule has 2 rings (SSSR count). The summed E-state index contributed by atoms with van der Waals surface area (Å²) in [4.78, 5) is 24.7. The second-order valence-corrected chi connectivity index (χ2v) is 6.83. The highest BCUT2D eigenvalue weighted by Gasteiger charge is 2.30. The first-order valence-corrected chi connectivity index (χ1v) is 9.23. The van der Waals surface area contributed by atoms with Crippen LogP contribution in [0.5, 0.6) is 0 Å². The molecule has 0 saturated heterocycles. The van der Waals surface area contributed by atoms with E-state index < -0.39 is 23.1 Å². The number of amides is 1. The maximum atomic E-state index is 13.0. The van der Waals surface area contributed by atoms with Gasteiger partial charge in [-0.05, 0) is 38.5 Å². The number of hydrogen-bond acceptors (Lipinski definition) is 3. The van der Waals surface area contributed by atoms with Crippen LogP contribution in [0.1, 0.15) is 61.3 Å². The molecule has 0 bridgehead atoms. The predicted molar refractivity (Wildman–Crippen MR) is 101 cm³/mol. The molecule has 1 N–H and O–H groups in total. The predicted octanol–water partition coefficient (Wildman–Crippen LogP) is 4.26. The van der Waals surface area contributed by atoms with E-state index in [1.54, 1.807) is 6.92 Å². The average molecular weight is 395 g/mol. The third-order valence-corrected chi connectivity index (χ3v) is 4.36. The average Bonchev–Trinajstić information content (AvgIpc) is 2.61. The number of carbonyl (C=O) groups excluding carboxylic acids is 1. The van der Waals surface area contributed by atoms with Crippen LogP contribution in [-0.4, -0.2) is 21.7 Å². The summed E-state index contributed by atoms with van der Waals surface area (Å²) < 4.78 is 40.1. The van der Waals surface area contributed by atoms with Crippen molar-refractivity contribution in [3.8, 4) is 5.69 Å². The minimum absolute atomic E-state index is 0.123. The summed E-state index contributed by atoms with van der Waals surface area (Å²) in [7, 11) is 0. The summed E-state index contributed by atoms with van der Waals surface area (Å²) >= 11 is 0. The van der Waals surface area contributed by atoms with Crippen LogP contribution >= 0.6 is 0 Å². The van der Waals surface area contributed by atoms with E-state index in [2.05, 4.69) is 17.3 Å². The zero-order chi connectivity index (χ0) is 20.9. The molecule has 1 amide bonds. The van der Waals surface area contributed by atoms with E-state index in [4.69, 9.17) is 0 Å². The van der Waals surface area contributed by atoms with E-state index in [-0.39, 0.29) is 17.4 Å². The number of aryl methyl sites for hydroxylation is 1. The Hall–Kier alpha value is -2.64. The van der Waals surface area contributed by atoms with Gasteiger partial charge in [-0.2, -0.15) is 18.3 Å². The summed E-state index contributed by atoms with van der Waals surface area (Å²) in [6.07, 6.45) is -0.675. The van der Waals surface area contributed by atoms with Gasteiger partial charge in [0.05, 0.1) is 11.3 Å². The molecule has 1 aromatic heterocycles. The highest BCUT2D eigenvalue weighted by atomic mass is 19.4. The van der Waals surface area contributed by atoms with E-state index in [1.165, 1.54) is 22.9 Å². The lowest BCUT2D eigenvalue weighted by atomic mass is 10.1. The van der Waals surface area contributed by atoms with Crippen molar-refractivity contribution < 1.29 is 18.0 Å². The molecule has 28 heavy (non-hydrogen) atoms. The van der Waals surface area contributed by atoms with Crippen molar-refractivity contribution in [3.05, 3.63) is 57.5 Å². The first kappa shape index (κ1) is 21.7. The summed E-state index contributed by atoms with van der Waals surface area (Å²) in [6, 6.07) is 5.64.